The first-order valence-electron chi connectivity index (χ1n) is 3.31. The zero-order valence-corrected chi connectivity index (χ0v) is 6.32. The van der Waals surface area contributed by atoms with E-state index in [2.05, 4.69) is 15.5 Å². The Labute approximate surface area is 70.5 Å². The Morgan fingerprint density at radius 1 is 1.46 bits per heavy atom. The zero-order chi connectivity index (χ0) is 9.90. The van der Waals surface area contributed by atoms with Gasteiger partial charge in [-0.25, -0.2) is 4.68 Å². The number of aromatic nitrogens is 4. The number of rotatable bonds is 3. The molecule has 0 amide bonds. The second-order valence-corrected chi connectivity index (χ2v) is 2.24. The lowest BCUT2D eigenvalue weighted by molar-refractivity contribution is -0.171. The van der Waals surface area contributed by atoms with Crippen LogP contribution >= 0.6 is 0 Å². The Hall–Kier alpha value is -1.47. The molecule has 0 fully saturated rings. The van der Waals surface area contributed by atoms with Gasteiger partial charge in [0.25, 0.3) is 0 Å². The molecule has 8 heteroatoms. The van der Waals surface area contributed by atoms with Crippen LogP contribution in [0.2, 0.25) is 0 Å². The summed E-state index contributed by atoms with van der Waals surface area (Å²) in [6, 6.07) is 0. The molecule has 0 unspecified atom stereocenters. The molecule has 1 aromatic heterocycles. The quantitative estimate of drug-likeness (QED) is 0.689. The van der Waals surface area contributed by atoms with Crippen LogP contribution in [0.3, 0.4) is 0 Å². The summed E-state index contributed by atoms with van der Waals surface area (Å²) in [5.41, 5.74) is 0. The molecule has 0 aliphatic rings. The van der Waals surface area contributed by atoms with Gasteiger partial charge in [-0.1, -0.05) is 0 Å². The summed E-state index contributed by atoms with van der Waals surface area (Å²) >= 11 is 0. The number of halogens is 3. The lowest BCUT2D eigenvalue weighted by Gasteiger charge is -2.03. The topological polar surface area (TPSA) is 60.7 Å². The lowest BCUT2D eigenvalue weighted by atomic mass is 10.3. The monoisotopic (exact) mass is 194 g/mol. The first-order valence-corrected chi connectivity index (χ1v) is 3.31. The third-order valence-electron chi connectivity index (χ3n) is 1.28. The van der Waals surface area contributed by atoms with Gasteiger partial charge in [-0.15, -0.1) is 5.10 Å². The van der Waals surface area contributed by atoms with Gasteiger partial charge in [-0.05, 0) is 10.4 Å². The zero-order valence-electron chi connectivity index (χ0n) is 6.32. The van der Waals surface area contributed by atoms with E-state index in [4.69, 9.17) is 0 Å². The highest BCUT2D eigenvalue weighted by Gasteiger charge is 2.37. The van der Waals surface area contributed by atoms with Crippen molar-refractivity contribution in [2.24, 2.45) is 0 Å². The van der Waals surface area contributed by atoms with E-state index >= 15 is 0 Å². The molecular weight excluding hydrogens is 189 g/mol. The first-order chi connectivity index (χ1) is 6.00. The highest BCUT2D eigenvalue weighted by Crippen LogP contribution is 2.17. The SMILES string of the molecule is O=C(CCn1cnnn1)C(F)(F)F. The molecule has 1 aromatic rings. The van der Waals surface area contributed by atoms with Crippen molar-refractivity contribution in [2.75, 3.05) is 0 Å². The van der Waals surface area contributed by atoms with Gasteiger partial charge in [0.05, 0.1) is 6.54 Å². The van der Waals surface area contributed by atoms with Crippen molar-refractivity contribution in [3.63, 3.8) is 0 Å². The number of tetrazole rings is 1. The molecule has 5 nitrogen and oxygen atoms in total. The van der Waals surface area contributed by atoms with Crippen molar-refractivity contribution < 1.29 is 18.0 Å². The first kappa shape index (κ1) is 9.62. The van der Waals surface area contributed by atoms with Gasteiger partial charge < -0.3 is 0 Å². The standard InChI is InChI=1S/C5H5F3N4O/c6-5(7,8)4(13)1-2-12-3-9-10-11-12/h3H,1-2H2. The average molecular weight is 194 g/mol. The van der Waals surface area contributed by atoms with Gasteiger partial charge in [0.15, 0.2) is 0 Å². The van der Waals surface area contributed by atoms with Crippen molar-refractivity contribution in [1.82, 2.24) is 20.2 Å². The molecule has 0 atom stereocenters. The van der Waals surface area contributed by atoms with Crippen LogP contribution in [0.5, 0.6) is 0 Å². The van der Waals surface area contributed by atoms with E-state index in [9.17, 15) is 18.0 Å². The van der Waals surface area contributed by atoms with Crippen LogP contribution in [0, 0.1) is 0 Å². The maximum absolute atomic E-state index is 11.7. The van der Waals surface area contributed by atoms with Gasteiger partial charge in [0.1, 0.15) is 6.33 Å². The molecule has 0 spiro atoms. The third-order valence-corrected chi connectivity index (χ3v) is 1.28. The molecule has 0 saturated heterocycles. The van der Waals surface area contributed by atoms with Crippen LogP contribution in [0.25, 0.3) is 0 Å². The van der Waals surface area contributed by atoms with Gasteiger partial charge >= 0.3 is 6.18 Å². The Morgan fingerprint density at radius 3 is 2.62 bits per heavy atom. The smallest absolute Gasteiger partial charge is 0.290 e. The second-order valence-electron chi connectivity index (χ2n) is 2.24. The Morgan fingerprint density at radius 2 is 2.15 bits per heavy atom. The molecule has 0 saturated carbocycles. The van der Waals surface area contributed by atoms with E-state index in [1.165, 1.54) is 0 Å². The van der Waals surface area contributed by atoms with Crippen molar-refractivity contribution in [2.45, 2.75) is 19.1 Å². The Kier molecular flexibility index (Phi) is 2.59. The number of carbonyl (C=O) groups is 1. The van der Waals surface area contributed by atoms with Crippen molar-refractivity contribution in [1.29, 1.82) is 0 Å². The van der Waals surface area contributed by atoms with Gasteiger partial charge in [-0.2, -0.15) is 13.2 Å². The molecule has 0 aliphatic carbocycles. The van der Waals surface area contributed by atoms with E-state index in [-0.39, 0.29) is 6.54 Å². The van der Waals surface area contributed by atoms with E-state index in [1.54, 1.807) is 0 Å². The van der Waals surface area contributed by atoms with E-state index in [0.29, 0.717) is 0 Å². The molecular formula is C5H5F3N4O. The summed E-state index contributed by atoms with van der Waals surface area (Å²) in [4.78, 5) is 10.4. The Bertz CT molecular complexity index is 280. The molecule has 13 heavy (non-hydrogen) atoms. The van der Waals surface area contributed by atoms with E-state index in [1.807, 2.05) is 0 Å². The fourth-order valence-electron chi connectivity index (χ4n) is 0.641. The number of ketones is 1. The molecule has 0 radical (unpaired) electrons. The summed E-state index contributed by atoms with van der Waals surface area (Å²) in [7, 11) is 0. The molecule has 72 valence electrons. The summed E-state index contributed by atoms with van der Waals surface area (Å²) in [6.45, 7) is -0.161. The van der Waals surface area contributed by atoms with Gasteiger partial charge in [0.2, 0.25) is 5.78 Å². The van der Waals surface area contributed by atoms with Crippen LogP contribution in [-0.4, -0.2) is 32.2 Å². The second kappa shape index (κ2) is 3.50. The molecule has 0 N–H and O–H groups in total. The highest BCUT2D eigenvalue weighted by atomic mass is 19.4. The number of hydrogen-bond donors (Lipinski definition) is 0. The normalized spacial score (nSPS) is 11.6. The maximum Gasteiger partial charge on any atom is 0.450 e. The minimum absolute atomic E-state index is 0.161. The number of hydrogen-bond acceptors (Lipinski definition) is 4. The van der Waals surface area contributed by atoms with Crippen LogP contribution in [0.4, 0.5) is 13.2 Å². The average Bonchev–Trinajstić information content (AvgIpc) is 2.50. The van der Waals surface area contributed by atoms with E-state index in [0.717, 1.165) is 11.0 Å². The largest absolute Gasteiger partial charge is 0.450 e. The predicted molar refractivity (Wildman–Crippen MR) is 33.5 cm³/mol. The van der Waals surface area contributed by atoms with E-state index < -0.39 is 18.4 Å². The van der Waals surface area contributed by atoms with Crippen molar-refractivity contribution in [3.05, 3.63) is 6.33 Å². The van der Waals surface area contributed by atoms with Crippen LogP contribution in [-0.2, 0) is 11.3 Å². The fourth-order valence-corrected chi connectivity index (χ4v) is 0.641. The number of carbonyl (C=O) groups excluding carboxylic acids is 1. The number of Topliss-reactive ketones (excluding diaryl/α,β-unsaturated/α-hetero) is 1. The summed E-state index contributed by atoms with van der Waals surface area (Å²) in [6.07, 6.45) is -4.27. The minimum Gasteiger partial charge on any atom is -0.290 e. The lowest BCUT2D eigenvalue weighted by Crippen LogP contribution is -2.24. The number of nitrogens with zero attached hydrogens (tertiary/aromatic N) is 4. The van der Waals surface area contributed by atoms with Crippen LogP contribution in [0.15, 0.2) is 6.33 Å². The maximum atomic E-state index is 11.7. The molecule has 0 aromatic carbocycles. The summed E-state index contributed by atoms with van der Waals surface area (Å²) in [5, 5.41) is 9.71. The summed E-state index contributed by atoms with van der Waals surface area (Å²) in [5.74, 6) is -1.77. The molecule has 0 aliphatic heterocycles. The number of aryl methyl sites for hydroxylation is 1. The third kappa shape index (κ3) is 2.80. The van der Waals surface area contributed by atoms with Crippen molar-refractivity contribution in [3.8, 4) is 0 Å². The molecule has 1 rings (SSSR count). The summed E-state index contributed by atoms with van der Waals surface area (Å²) < 4.78 is 36.1. The van der Waals surface area contributed by atoms with Gasteiger partial charge in [0, 0.05) is 6.42 Å². The minimum atomic E-state index is -4.77. The fraction of sp³-hybridized carbons (Fsp3) is 0.600. The van der Waals surface area contributed by atoms with Crippen LogP contribution < -0.4 is 0 Å². The van der Waals surface area contributed by atoms with Crippen molar-refractivity contribution >= 4 is 5.78 Å². The molecule has 0 bridgehead atoms. The molecule has 1 heterocycles. The van der Waals surface area contributed by atoms with Crippen LogP contribution in [0.1, 0.15) is 6.42 Å². The Balaban J connectivity index is 2.40. The highest BCUT2D eigenvalue weighted by molar-refractivity contribution is 5.83. The predicted octanol–water partition coefficient (Wildman–Crippen LogP) is 0.195. The number of alkyl halides is 3. The van der Waals surface area contributed by atoms with Gasteiger partial charge in [-0.3, -0.25) is 4.79 Å².